The van der Waals surface area contributed by atoms with E-state index in [-0.39, 0.29) is 23.4 Å². The molecule has 1 aliphatic carbocycles. The highest BCUT2D eigenvalue weighted by molar-refractivity contribution is 5.53. The predicted octanol–water partition coefficient (Wildman–Crippen LogP) is 5.11. The summed E-state index contributed by atoms with van der Waals surface area (Å²) in [6, 6.07) is 12.2. The third-order valence-corrected chi connectivity index (χ3v) is 5.87. The van der Waals surface area contributed by atoms with Crippen LogP contribution >= 0.6 is 0 Å². The van der Waals surface area contributed by atoms with Crippen LogP contribution in [-0.4, -0.2) is 38.7 Å². The molecule has 1 heterocycles. The summed E-state index contributed by atoms with van der Waals surface area (Å²) in [5.41, 5.74) is -0.0127. The molecule has 2 aromatic carbocycles. The van der Waals surface area contributed by atoms with Crippen molar-refractivity contribution in [3.05, 3.63) is 66.0 Å². The van der Waals surface area contributed by atoms with Gasteiger partial charge in [0.25, 0.3) is 0 Å². The average Bonchev–Trinajstić information content (AvgIpc) is 2.81. The average molecular weight is 504 g/mol. The van der Waals surface area contributed by atoms with E-state index in [0.29, 0.717) is 29.6 Å². The fourth-order valence-electron chi connectivity index (χ4n) is 4.09. The topological polar surface area (TPSA) is 112 Å². The first kappa shape index (κ1) is 25.5. The fraction of sp³-hybridized carbons (Fsp3) is 0.360. The lowest BCUT2D eigenvalue weighted by Gasteiger charge is -2.27. The Morgan fingerprint density at radius 3 is 2.44 bits per heavy atom. The molecule has 0 radical (unpaired) electrons. The number of aromatic nitrogens is 2. The van der Waals surface area contributed by atoms with Crippen molar-refractivity contribution in [1.29, 1.82) is 0 Å². The van der Waals surface area contributed by atoms with Gasteiger partial charge in [0.05, 0.1) is 11.7 Å². The van der Waals surface area contributed by atoms with Gasteiger partial charge in [-0.1, -0.05) is 6.07 Å². The predicted molar refractivity (Wildman–Crippen MR) is 130 cm³/mol. The summed E-state index contributed by atoms with van der Waals surface area (Å²) >= 11 is 0. The van der Waals surface area contributed by atoms with Crippen molar-refractivity contribution in [2.24, 2.45) is 0 Å². The maximum Gasteiger partial charge on any atom is 0.416 e. The number of alkyl halides is 3. The number of aliphatic hydroxyl groups excluding tert-OH is 2. The molecule has 0 saturated heterocycles. The number of halogens is 3. The summed E-state index contributed by atoms with van der Waals surface area (Å²) in [5.74, 6) is 1.44. The quantitative estimate of drug-likeness (QED) is 0.270. The number of hydrogen-bond acceptors (Lipinski definition) is 8. The lowest BCUT2D eigenvalue weighted by molar-refractivity contribution is -0.138. The van der Waals surface area contributed by atoms with Crippen molar-refractivity contribution in [1.82, 2.24) is 9.97 Å². The van der Waals surface area contributed by atoms with Gasteiger partial charge in [0.2, 0.25) is 12.2 Å². The van der Waals surface area contributed by atoms with Gasteiger partial charge in [-0.2, -0.15) is 13.2 Å². The molecule has 1 fully saturated rings. The molecule has 36 heavy (non-hydrogen) atoms. The Morgan fingerprint density at radius 2 is 1.72 bits per heavy atom. The summed E-state index contributed by atoms with van der Waals surface area (Å²) < 4.78 is 45.1. The minimum Gasteiger partial charge on any atom is -0.439 e. The minimum atomic E-state index is -4.48. The molecule has 8 nitrogen and oxygen atoms in total. The third-order valence-electron chi connectivity index (χ3n) is 5.87. The zero-order valence-electron chi connectivity index (χ0n) is 19.6. The highest BCUT2D eigenvalue weighted by atomic mass is 19.4. The van der Waals surface area contributed by atoms with Crippen LogP contribution in [0.5, 0.6) is 11.6 Å². The number of aryl methyl sites for hydroxylation is 1. The van der Waals surface area contributed by atoms with E-state index in [1.807, 2.05) is 0 Å². The zero-order valence-corrected chi connectivity index (χ0v) is 19.6. The van der Waals surface area contributed by atoms with Crippen LogP contribution < -0.4 is 20.7 Å². The Bertz CT molecular complexity index is 1160. The van der Waals surface area contributed by atoms with Crippen LogP contribution in [0.2, 0.25) is 0 Å². The van der Waals surface area contributed by atoms with Crippen LogP contribution in [0.25, 0.3) is 0 Å². The Hall–Kier alpha value is -3.57. The van der Waals surface area contributed by atoms with Gasteiger partial charge in [-0.15, -0.1) is 0 Å². The first-order valence-corrected chi connectivity index (χ1v) is 11.6. The van der Waals surface area contributed by atoms with Crippen molar-refractivity contribution >= 4 is 17.2 Å². The number of benzene rings is 2. The van der Waals surface area contributed by atoms with Crippen molar-refractivity contribution in [3.63, 3.8) is 0 Å². The van der Waals surface area contributed by atoms with Crippen molar-refractivity contribution in [3.8, 4) is 11.6 Å². The van der Waals surface area contributed by atoms with Crippen molar-refractivity contribution in [2.75, 3.05) is 16.0 Å². The van der Waals surface area contributed by atoms with Crippen LogP contribution in [-0.2, 0) is 6.18 Å². The lowest BCUT2D eigenvalue weighted by atomic mass is 9.93. The van der Waals surface area contributed by atoms with Crippen molar-refractivity contribution in [2.45, 2.75) is 57.3 Å². The first-order chi connectivity index (χ1) is 17.2. The van der Waals surface area contributed by atoms with Crippen LogP contribution in [0.4, 0.5) is 30.4 Å². The zero-order chi connectivity index (χ0) is 25.7. The molecular formula is C25H28F3N5O3. The van der Waals surface area contributed by atoms with E-state index in [0.717, 1.165) is 25.3 Å². The third kappa shape index (κ3) is 6.98. The van der Waals surface area contributed by atoms with Crippen LogP contribution in [0.1, 0.15) is 36.8 Å². The molecule has 3 atom stereocenters. The van der Waals surface area contributed by atoms with E-state index in [2.05, 4.69) is 25.9 Å². The standard InChI is InChI=1S/C25H28F3N5O3/c1-15-5-6-18(12-21(15)25(26,27)28)33-24(35)32-16-7-9-20(10-8-16)36-23-13-22(29-14-30-23)31-17-3-2-4-19(34)11-17/h5-10,12-14,17,19,24,32-35H,2-4,11H2,1H3,(H,29,30,31). The number of nitrogens with one attached hydrogen (secondary N) is 3. The van der Waals surface area contributed by atoms with E-state index in [4.69, 9.17) is 4.74 Å². The first-order valence-electron chi connectivity index (χ1n) is 11.6. The van der Waals surface area contributed by atoms with Gasteiger partial charge in [0, 0.05) is 23.5 Å². The van der Waals surface area contributed by atoms with Crippen LogP contribution in [0.3, 0.4) is 0 Å². The maximum absolute atomic E-state index is 13.1. The second-order valence-corrected chi connectivity index (χ2v) is 8.75. The number of ether oxygens (including phenoxy) is 1. The second-order valence-electron chi connectivity index (χ2n) is 8.75. The molecule has 5 N–H and O–H groups in total. The molecule has 1 aromatic heterocycles. The largest absolute Gasteiger partial charge is 0.439 e. The van der Waals surface area contributed by atoms with Crippen LogP contribution in [0, 0.1) is 6.92 Å². The van der Waals surface area contributed by atoms with E-state index >= 15 is 0 Å². The molecule has 1 aliphatic rings. The molecular weight excluding hydrogens is 475 g/mol. The van der Waals surface area contributed by atoms with Gasteiger partial charge in [0.15, 0.2) is 0 Å². The summed E-state index contributed by atoms with van der Waals surface area (Å²) in [7, 11) is 0. The molecule has 192 valence electrons. The number of anilines is 3. The fourth-order valence-corrected chi connectivity index (χ4v) is 4.09. The SMILES string of the molecule is Cc1ccc(NC(O)Nc2ccc(Oc3cc(NC4CCCC(O)C4)ncn3)cc2)cc1C(F)(F)F. The molecule has 1 saturated carbocycles. The number of hydrogen-bond donors (Lipinski definition) is 5. The molecule has 4 rings (SSSR count). The maximum atomic E-state index is 13.1. The Kier molecular flexibility index (Phi) is 7.80. The summed E-state index contributed by atoms with van der Waals surface area (Å²) in [6.07, 6.45) is -1.31. The summed E-state index contributed by atoms with van der Waals surface area (Å²) in [4.78, 5) is 8.34. The molecule has 11 heteroatoms. The number of aliphatic hydroxyl groups is 2. The van der Waals surface area contributed by atoms with Gasteiger partial charge in [0.1, 0.15) is 17.9 Å². The number of nitrogens with zero attached hydrogens (tertiary/aromatic N) is 2. The van der Waals surface area contributed by atoms with Crippen molar-refractivity contribution < 1.29 is 28.1 Å². The molecule has 0 amide bonds. The molecule has 3 unspecified atom stereocenters. The highest BCUT2D eigenvalue weighted by Gasteiger charge is 2.32. The monoisotopic (exact) mass is 503 g/mol. The van der Waals surface area contributed by atoms with Gasteiger partial charge in [-0.05, 0) is 74.6 Å². The molecule has 3 aromatic rings. The number of rotatable bonds is 8. The van der Waals surface area contributed by atoms with Crippen LogP contribution in [0.15, 0.2) is 54.9 Å². The molecule has 0 spiro atoms. The van der Waals surface area contributed by atoms with Gasteiger partial charge in [-0.25, -0.2) is 9.97 Å². The highest BCUT2D eigenvalue weighted by Crippen LogP contribution is 2.33. The molecule has 0 bridgehead atoms. The Labute approximate surface area is 206 Å². The smallest absolute Gasteiger partial charge is 0.416 e. The Balaban J connectivity index is 1.32. The van der Waals surface area contributed by atoms with Gasteiger partial charge >= 0.3 is 6.18 Å². The minimum absolute atomic E-state index is 0.102. The van der Waals surface area contributed by atoms with E-state index in [1.165, 1.54) is 25.4 Å². The van der Waals surface area contributed by atoms with E-state index < -0.39 is 18.1 Å². The summed E-state index contributed by atoms with van der Waals surface area (Å²) in [6.45, 7) is 1.38. The Morgan fingerprint density at radius 1 is 1.00 bits per heavy atom. The van der Waals surface area contributed by atoms with E-state index in [1.54, 1.807) is 30.3 Å². The lowest BCUT2D eigenvalue weighted by Crippen LogP contribution is -2.30. The van der Waals surface area contributed by atoms with E-state index in [9.17, 15) is 23.4 Å². The summed E-state index contributed by atoms with van der Waals surface area (Å²) in [5, 5.41) is 28.7. The normalized spacial score (nSPS) is 18.8. The van der Waals surface area contributed by atoms with Gasteiger partial charge < -0.3 is 30.9 Å². The molecule has 0 aliphatic heterocycles. The second kappa shape index (κ2) is 11.0. The van der Waals surface area contributed by atoms with Gasteiger partial charge in [-0.3, -0.25) is 0 Å².